The number of rotatable bonds is 19. The Morgan fingerprint density at radius 1 is 0.889 bits per heavy atom. The van der Waals surface area contributed by atoms with Crippen LogP contribution in [0.3, 0.4) is 0 Å². The van der Waals surface area contributed by atoms with Gasteiger partial charge in [0.25, 0.3) is 0 Å². The number of carboxylic acid groups (broad SMARTS) is 1. The molecule has 5 nitrogen and oxygen atoms in total. The van der Waals surface area contributed by atoms with Crippen molar-refractivity contribution in [2.24, 2.45) is 5.73 Å². The van der Waals surface area contributed by atoms with Gasteiger partial charge in [0.2, 0.25) is 5.91 Å². The number of nitrogens with two attached hydrogens (primary N) is 1. The number of hydrogen-bond donors (Lipinski definition) is 3. The van der Waals surface area contributed by atoms with Gasteiger partial charge in [-0.15, -0.1) is 0 Å². The van der Waals surface area contributed by atoms with Crippen molar-refractivity contribution in [1.82, 2.24) is 5.32 Å². The Balaban J connectivity index is 3.24. The van der Waals surface area contributed by atoms with E-state index in [0.717, 1.165) is 25.7 Å². The summed E-state index contributed by atoms with van der Waals surface area (Å²) >= 11 is 0. The van der Waals surface area contributed by atoms with Crippen LogP contribution in [0.4, 0.5) is 0 Å². The molecule has 4 N–H and O–H groups in total. The molecule has 0 saturated carbocycles. The van der Waals surface area contributed by atoms with Crippen molar-refractivity contribution in [3.05, 3.63) is 12.2 Å². The van der Waals surface area contributed by atoms with E-state index < -0.39 is 12.0 Å². The monoisotopic (exact) mass is 382 g/mol. The highest BCUT2D eigenvalue weighted by Gasteiger charge is 2.10. The summed E-state index contributed by atoms with van der Waals surface area (Å²) in [5, 5.41) is 11.6. The smallest absolute Gasteiger partial charge is 0.320 e. The zero-order valence-corrected chi connectivity index (χ0v) is 17.4. The summed E-state index contributed by atoms with van der Waals surface area (Å²) in [4.78, 5) is 22.3. The van der Waals surface area contributed by atoms with Crippen molar-refractivity contribution in [2.75, 3.05) is 6.54 Å². The van der Waals surface area contributed by atoms with E-state index in [4.69, 9.17) is 10.8 Å². The summed E-state index contributed by atoms with van der Waals surface area (Å²) in [6.07, 6.45) is 20.8. The van der Waals surface area contributed by atoms with E-state index in [1.54, 1.807) is 0 Å². The molecule has 0 rings (SSSR count). The van der Waals surface area contributed by atoms with Gasteiger partial charge in [0.1, 0.15) is 6.04 Å². The number of carbonyl (C=O) groups excluding carboxylic acids is 1. The Morgan fingerprint density at radius 2 is 1.44 bits per heavy atom. The summed E-state index contributed by atoms with van der Waals surface area (Å²) in [5.74, 6) is -0.852. The van der Waals surface area contributed by atoms with Crippen LogP contribution in [0, 0.1) is 0 Å². The standard InChI is InChI=1S/C22H42N2O3/c1-2-3-4-5-6-7-8-9-10-11-12-13-14-18-21(25)24-19-16-15-17-20(23)22(26)27/h2-3,20H,4-19,23H2,1H3,(H,24,25)(H,26,27)/b3-2+/t20-/m0/s1. The Bertz CT molecular complexity index is 397. The van der Waals surface area contributed by atoms with Gasteiger partial charge in [0, 0.05) is 13.0 Å². The summed E-state index contributed by atoms with van der Waals surface area (Å²) in [5.41, 5.74) is 5.43. The minimum atomic E-state index is -0.959. The molecule has 0 aromatic heterocycles. The van der Waals surface area contributed by atoms with E-state index in [1.165, 1.54) is 57.8 Å². The molecule has 5 heteroatoms. The third-order valence-corrected chi connectivity index (χ3v) is 4.84. The summed E-state index contributed by atoms with van der Waals surface area (Å²) < 4.78 is 0. The van der Waals surface area contributed by atoms with Gasteiger partial charge in [-0.05, 0) is 45.4 Å². The fourth-order valence-corrected chi connectivity index (χ4v) is 3.06. The molecular formula is C22H42N2O3. The quantitative estimate of drug-likeness (QED) is 0.218. The highest BCUT2D eigenvalue weighted by molar-refractivity contribution is 5.75. The number of hydrogen-bond acceptors (Lipinski definition) is 3. The number of carbonyl (C=O) groups is 2. The molecule has 0 radical (unpaired) electrons. The zero-order chi connectivity index (χ0) is 20.2. The second-order valence-corrected chi connectivity index (χ2v) is 7.43. The second-order valence-electron chi connectivity index (χ2n) is 7.43. The average Bonchev–Trinajstić information content (AvgIpc) is 2.64. The topological polar surface area (TPSA) is 92.4 Å². The molecule has 0 bridgehead atoms. The van der Waals surface area contributed by atoms with E-state index in [2.05, 4.69) is 24.4 Å². The van der Waals surface area contributed by atoms with E-state index in [0.29, 0.717) is 19.4 Å². The lowest BCUT2D eigenvalue weighted by Gasteiger charge is -2.07. The molecule has 0 aromatic carbocycles. The normalized spacial score (nSPS) is 12.4. The van der Waals surface area contributed by atoms with Crippen LogP contribution in [0.25, 0.3) is 0 Å². The predicted octanol–water partition coefficient (Wildman–Crippen LogP) is 4.94. The van der Waals surface area contributed by atoms with E-state index in [9.17, 15) is 9.59 Å². The number of carboxylic acids is 1. The summed E-state index contributed by atoms with van der Waals surface area (Å²) in [7, 11) is 0. The molecule has 0 aliphatic heterocycles. The second kappa shape index (κ2) is 19.4. The molecule has 0 heterocycles. The van der Waals surface area contributed by atoms with Gasteiger partial charge in [-0.1, -0.05) is 63.5 Å². The molecule has 27 heavy (non-hydrogen) atoms. The fourth-order valence-electron chi connectivity index (χ4n) is 3.06. The van der Waals surface area contributed by atoms with Gasteiger partial charge >= 0.3 is 5.97 Å². The lowest BCUT2D eigenvalue weighted by atomic mass is 10.0. The Kier molecular flexibility index (Phi) is 18.4. The summed E-state index contributed by atoms with van der Waals surface area (Å²) in [6, 6.07) is -0.788. The molecule has 0 aliphatic carbocycles. The lowest BCUT2D eigenvalue weighted by molar-refractivity contribution is -0.138. The molecule has 0 spiro atoms. The molecular weight excluding hydrogens is 340 g/mol. The molecule has 1 amide bonds. The van der Waals surface area contributed by atoms with Gasteiger partial charge in [-0.2, -0.15) is 0 Å². The van der Waals surface area contributed by atoms with Crippen LogP contribution >= 0.6 is 0 Å². The lowest BCUT2D eigenvalue weighted by Crippen LogP contribution is -2.30. The molecule has 0 aromatic rings. The van der Waals surface area contributed by atoms with Crippen LogP contribution in [-0.4, -0.2) is 29.6 Å². The van der Waals surface area contributed by atoms with Gasteiger partial charge in [0.15, 0.2) is 0 Å². The van der Waals surface area contributed by atoms with Gasteiger partial charge in [-0.25, -0.2) is 0 Å². The first kappa shape index (κ1) is 25.6. The van der Waals surface area contributed by atoms with Crippen molar-refractivity contribution >= 4 is 11.9 Å². The van der Waals surface area contributed by atoms with Gasteiger partial charge in [0.05, 0.1) is 0 Å². The van der Waals surface area contributed by atoms with E-state index >= 15 is 0 Å². The molecule has 1 atom stereocenters. The van der Waals surface area contributed by atoms with Crippen LogP contribution in [0.15, 0.2) is 12.2 Å². The number of aliphatic carboxylic acids is 1. The SMILES string of the molecule is C/C=C/CCCCCCCCCCCCC(=O)NCCCC[C@H](N)C(=O)O. The van der Waals surface area contributed by atoms with Crippen molar-refractivity contribution in [2.45, 2.75) is 109 Å². The van der Waals surface area contributed by atoms with Gasteiger partial charge < -0.3 is 16.2 Å². The van der Waals surface area contributed by atoms with Crippen LogP contribution in [0.5, 0.6) is 0 Å². The zero-order valence-electron chi connectivity index (χ0n) is 17.4. The minimum Gasteiger partial charge on any atom is -0.480 e. The fraction of sp³-hybridized carbons (Fsp3) is 0.818. The maximum Gasteiger partial charge on any atom is 0.320 e. The first-order chi connectivity index (χ1) is 13.1. The Hall–Kier alpha value is -1.36. The molecule has 0 aliphatic rings. The number of nitrogens with one attached hydrogen (secondary N) is 1. The van der Waals surface area contributed by atoms with E-state index in [-0.39, 0.29) is 5.91 Å². The van der Waals surface area contributed by atoms with Gasteiger partial charge in [-0.3, -0.25) is 9.59 Å². The maximum atomic E-state index is 11.7. The largest absolute Gasteiger partial charge is 0.480 e. The highest BCUT2D eigenvalue weighted by Crippen LogP contribution is 2.12. The molecule has 0 unspecified atom stereocenters. The predicted molar refractivity (Wildman–Crippen MR) is 113 cm³/mol. The van der Waals surface area contributed by atoms with Crippen molar-refractivity contribution in [1.29, 1.82) is 0 Å². The maximum absolute atomic E-state index is 11.7. The Morgan fingerprint density at radius 3 is 2.00 bits per heavy atom. The van der Waals surface area contributed by atoms with Crippen molar-refractivity contribution < 1.29 is 14.7 Å². The summed E-state index contributed by atoms with van der Waals surface area (Å²) in [6.45, 7) is 2.69. The van der Waals surface area contributed by atoms with Crippen LogP contribution in [-0.2, 0) is 9.59 Å². The third kappa shape index (κ3) is 19.2. The number of unbranched alkanes of at least 4 members (excludes halogenated alkanes) is 11. The van der Waals surface area contributed by atoms with Crippen LogP contribution in [0.2, 0.25) is 0 Å². The highest BCUT2D eigenvalue weighted by atomic mass is 16.4. The molecule has 0 fully saturated rings. The van der Waals surface area contributed by atoms with Crippen molar-refractivity contribution in [3.63, 3.8) is 0 Å². The minimum absolute atomic E-state index is 0.107. The van der Waals surface area contributed by atoms with Crippen LogP contribution < -0.4 is 11.1 Å². The number of amides is 1. The first-order valence-electron chi connectivity index (χ1n) is 10.9. The number of allylic oxidation sites excluding steroid dienone is 2. The molecule has 158 valence electrons. The molecule has 0 saturated heterocycles. The first-order valence-corrected chi connectivity index (χ1v) is 10.9. The van der Waals surface area contributed by atoms with E-state index in [1.807, 2.05) is 0 Å². The average molecular weight is 383 g/mol. The Labute approximate surface area is 166 Å². The van der Waals surface area contributed by atoms with Crippen LogP contribution in [0.1, 0.15) is 103 Å². The van der Waals surface area contributed by atoms with Crippen molar-refractivity contribution in [3.8, 4) is 0 Å². The third-order valence-electron chi connectivity index (χ3n) is 4.84.